The van der Waals surface area contributed by atoms with Gasteiger partial charge in [0.1, 0.15) is 5.82 Å². The molecule has 5 heteroatoms. The number of hydrogen-bond acceptors (Lipinski definition) is 3. The first-order valence-electron chi connectivity index (χ1n) is 8.35. The lowest BCUT2D eigenvalue weighted by Crippen LogP contribution is -2.32. The van der Waals surface area contributed by atoms with Crippen molar-refractivity contribution in [2.75, 3.05) is 13.1 Å². The van der Waals surface area contributed by atoms with E-state index in [9.17, 15) is 9.50 Å². The van der Waals surface area contributed by atoms with Gasteiger partial charge in [0.05, 0.1) is 12.4 Å². The Morgan fingerprint density at radius 1 is 1.26 bits per heavy atom. The van der Waals surface area contributed by atoms with E-state index in [-0.39, 0.29) is 5.82 Å². The summed E-state index contributed by atoms with van der Waals surface area (Å²) in [5.41, 5.74) is 0.802. The molecule has 124 valence electrons. The van der Waals surface area contributed by atoms with Gasteiger partial charge in [0.2, 0.25) is 0 Å². The average molecular weight is 317 g/mol. The Balaban J connectivity index is 1.49. The number of imidazole rings is 1. The normalized spacial score (nSPS) is 20.0. The zero-order valence-electron chi connectivity index (χ0n) is 13.3. The minimum atomic E-state index is -0.519. The second-order valence-corrected chi connectivity index (χ2v) is 6.29. The molecule has 2 heterocycles. The second kappa shape index (κ2) is 7.70. The zero-order valence-corrected chi connectivity index (χ0v) is 13.3. The van der Waals surface area contributed by atoms with Crippen LogP contribution in [0.1, 0.15) is 37.4 Å². The third-order valence-electron chi connectivity index (χ3n) is 4.67. The molecule has 2 atom stereocenters. The maximum absolute atomic E-state index is 13.0. The SMILES string of the molecule is OC(CC1CCCN1CCCn1ccnc1)c1ccc(F)cc1. The molecule has 0 aliphatic carbocycles. The fourth-order valence-electron chi connectivity index (χ4n) is 3.41. The number of rotatable bonds is 7. The minimum Gasteiger partial charge on any atom is -0.388 e. The number of benzene rings is 1. The van der Waals surface area contributed by atoms with Crippen LogP contribution < -0.4 is 0 Å². The highest BCUT2D eigenvalue weighted by Crippen LogP contribution is 2.27. The molecule has 0 saturated carbocycles. The molecule has 1 N–H and O–H groups in total. The molecule has 1 fully saturated rings. The highest BCUT2D eigenvalue weighted by Gasteiger charge is 2.26. The Morgan fingerprint density at radius 2 is 2.09 bits per heavy atom. The van der Waals surface area contributed by atoms with Crippen LogP contribution >= 0.6 is 0 Å². The van der Waals surface area contributed by atoms with Crippen molar-refractivity contribution in [3.05, 3.63) is 54.4 Å². The van der Waals surface area contributed by atoms with E-state index in [1.54, 1.807) is 18.3 Å². The number of likely N-dealkylation sites (tertiary alicyclic amines) is 1. The Kier molecular flexibility index (Phi) is 5.41. The predicted octanol–water partition coefficient (Wildman–Crippen LogP) is 3.00. The van der Waals surface area contributed by atoms with E-state index >= 15 is 0 Å². The van der Waals surface area contributed by atoms with Crippen LogP contribution in [0, 0.1) is 5.82 Å². The molecule has 1 aliphatic heterocycles. The Morgan fingerprint density at radius 3 is 2.83 bits per heavy atom. The fraction of sp³-hybridized carbons (Fsp3) is 0.500. The monoisotopic (exact) mass is 317 g/mol. The van der Waals surface area contributed by atoms with Crippen molar-refractivity contribution in [3.63, 3.8) is 0 Å². The van der Waals surface area contributed by atoms with Crippen LogP contribution in [0.4, 0.5) is 4.39 Å². The Bertz CT molecular complexity index is 585. The van der Waals surface area contributed by atoms with Crippen LogP contribution in [0.5, 0.6) is 0 Å². The van der Waals surface area contributed by atoms with Crippen LogP contribution in [0.3, 0.4) is 0 Å². The van der Waals surface area contributed by atoms with E-state index in [4.69, 9.17) is 0 Å². The smallest absolute Gasteiger partial charge is 0.123 e. The molecular weight excluding hydrogens is 293 g/mol. The number of hydrogen-bond donors (Lipinski definition) is 1. The molecule has 1 aliphatic rings. The van der Waals surface area contributed by atoms with E-state index in [1.807, 2.05) is 12.5 Å². The van der Waals surface area contributed by atoms with Crippen molar-refractivity contribution >= 4 is 0 Å². The van der Waals surface area contributed by atoms with Crippen LogP contribution in [0.15, 0.2) is 43.0 Å². The van der Waals surface area contributed by atoms with Gasteiger partial charge in [-0.3, -0.25) is 0 Å². The zero-order chi connectivity index (χ0) is 16.1. The quantitative estimate of drug-likeness (QED) is 0.853. The second-order valence-electron chi connectivity index (χ2n) is 6.29. The molecule has 0 radical (unpaired) electrons. The van der Waals surface area contributed by atoms with Crippen molar-refractivity contribution in [2.24, 2.45) is 0 Å². The van der Waals surface area contributed by atoms with Crippen LogP contribution in [-0.4, -0.2) is 38.7 Å². The topological polar surface area (TPSA) is 41.3 Å². The lowest BCUT2D eigenvalue weighted by Gasteiger charge is -2.26. The van der Waals surface area contributed by atoms with Gasteiger partial charge >= 0.3 is 0 Å². The molecule has 3 rings (SSSR count). The third-order valence-corrected chi connectivity index (χ3v) is 4.67. The van der Waals surface area contributed by atoms with Gasteiger partial charge in [0, 0.05) is 31.5 Å². The first-order chi connectivity index (χ1) is 11.2. The van der Waals surface area contributed by atoms with Gasteiger partial charge in [0.15, 0.2) is 0 Å². The lowest BCUT2D eigenvalue weighted by atomic mass is 10.0. The molecule has 1 saturated heterocycles. The summed E-state index contributed by atoms with van der Waals surface area (Å²) >= 11 is 0. The van der Waals surface area contributed by atoms with E-state index in [0.29, 0.717) is 6.04 Å². The van der Waals surface area contributed by atoms with Crippen molar-refractivity contribution < 1.29 is 9.50 Å². The lowest BCUT2D eigenvalue weighted by molar-refractivity contribution is 0.119. The fourth-order valence-corrected chi connectivity index (χ4v) is 3.41. The van der Waals surface area contributed by atoms with Gasteiger partial charge in [-0.1, -0.05) is 12.1 Å². The molecule has 1 aromatic carbocycles. The molecule has 0 spiro atoms. The summed E-state index contributed by atoms with van der Waals surface area (Å²) in [7, 11) is 0. The molecule has 0 amide bonds. The Hall–Kier alpha value is -1.72. The van der Waals surface area contributed by atoms with Gasteiger partial charge in [0.25, 0.3) is 0 Å². The molecule has 1 aromatic heterocycles. The summed E-state index contributed by atoms with van der Waals surface area (Å²) < 4.78 is 15.1. The van der Waals surface area contributed by atoms with E-state index < -0.39 is 6.10 Å². The summed E-state index contributed by atoms with van der Waals surface area (Å²) in [4.78, 5) is 6.53. The summed E-state index contributed by atoms with van der Waals surface area (Å²) in [5.74, 6) is -0.261. The number of aryl methyl sites for hydroxylation is 1. The van der Waals surface area contributed by atoms with Gasteiger partial charge in [-0.25, -0.2) is 9.37 Å². The number of aromatic nitrogens is 2. The predicted molar refractivity (Wildman–Crippen MR) is 87.4 cm³/mol. The van der Waals surface area contributed by atoms with Crippen LogP contribution in [-0.2, 0) is 6.54 Å². The Labute approximate surface area is 136 Å². The van der Waals surface area contributed by atoms with E-state index in [1.165, 1.54) is 18.6 Å². The van der Waals surface area contributed by atoms with Crippen LogP contribution in [0.25, 0.3) is 0 Å². The minimum absolute atomic E-state index is 0.261. The van der Waals surface area contributed by atoms with E-state index in [0.717, 1.165) is 44.5 Å². The molecule has 23 heavy (non-hydrogen) atoms. The van der Waals surface area contributed by atoms with Crippen molar-refractivity contribution in [1.82, 2.24) is 14.5 Å². The van der Waals surface area contributed by atoms with Gasteiger partial charge in [-0.05, 0) is 49.9 Å². The van der Waals surface area contributed by atoms with E-state index in [2.05, 4.69) is 14.5 Å². The van der Waals surface area contributed by atoms with Crippen molar-refractivity contribution in [1.29, 1.82) is 0 Å². The summed E-state index contributed by atoms with van der Waals surface area (Å²) in [6, 6.07) is 6.60. The maximum Gasteiger partial charge on any atom is 0.123 e. The molecule has 4 nitrogen and oxygen atoms in total. The average Bonchev–Trinajstić information content (AvgIpc) is 3.20. The highest BCUT2D eigenvalue weighted by atomic mass is 19.1. The van der Waals surface area contributed by atoms with Gasteiger partial charge < -0.3 is 14.6 Å². The third kappa shape index (κ3) is 4.39. The highest BCUT2D eigenvalue weighted by molar-refractivity contribution is 5.18. The van der Waals surface area contributed by atoms with Gasteiger partial charge in [-0.2, -0.15) is 0 Å². The summed E-state index contributed by atoms with van der Waals surface area (Å²) in [6.45, 7) is 3.12. The number of aliphatic hydroxyl groups excluding tert-OH is 1. The molecule has 2 unspecified atom stereocenters. The summed E-state index contributed by atoms with van der Waals surface area (Å²) in [5, 5.41) is 10.4. The summed E-state index contributed by atoms with van der Waals surface area (Å²) in [6.07, 6.45) is 9.23. The molecule has 2 aromatic rings. The standard InChI is InChI=1S/C18H24FN3O/c19-16-6-4-15(5-7-16)18(23)13-17-3-1-10-22(17)11-2-9-21-12-8-20-14-21/h4-8,12,14,17-18,23H,1-3,9-11,13H2. The maximum atomic E-state index is 13.0. The number of aliphatic hydroxyl groups is 1. The molecule has 0 bridgehead atoms. The first-order valence-corrected chi connectivity index (χ1v) is 8.35. The molecular formula is C18H24FN3O. The number of halogens is 1. The largest absolute Gasteiger partial charge is 0.388 e. The number of nitrogens with zero attached hydrogens (tertiary/aromatic N) is 3. The van der Waals surface area contributed by atoms with Gasteiger partial charge in [-0.15, -0.1) is 0 Å². The first kappa shape index (κ1) is 16.1. The van der Waals surface area contributed by atoms with Crippen LogP contribution in [0.2, 0.25) is 0 Å². The van der Waals surface area contributed by atoms with Crippen molar-refractivity contribution in [2.45, 2.75) is 44.4 Å². The van der Waals surface area contributed by atoms with Crippen molar-refractivity contribution in [3.8, 4) is 0 Å².